The van der Waals surface area contributed by atoms with Crippen LogP contribution in [0.5, 0.6) is 0 Å². The molecule has 0 bridgehead atoms. The fourth-order valence-corrected chi connectivity index (χ4v) is 2.17. The van der Waals surface area contributed by atoms with Crippen LogP contribution >= 0.6 is 0 Å². The first kappa shape index (κ1) is 16.9. The Kier molecular flexibility index (Phi) is 4.14. The number of benzene rings is 1. The van der Waals surface area contributed by atoms with Crippen molar-refractivity contribution in [2.75, 3.05) is 0 Å². The third kappa shape index (κ3) is 3.03. The number of ketones is 1. The minimum Gasteiger partial charge on any atom is -0.464 e. The van der Waals surface area contributed by atoms with Crippen molar-refractivity contribution in [3.8, 4) is 0 Å². The lowest BCUT2D eigenvalue weighted by Gasteiger charge is -2.17. The number of carbonyl (C=O) groups is 2. The highest BCUT2D eigenvalue weighted by molar-refractivity contribution is 5.92. The number of carboxylic acid groups (broad SMARTS) is 1. The molecule has 4 nitrogen and oxygen atoms in total. The molecule has 124 valence electrons. The van der Waals surface area contributed by atoms with Crippen LogP contribution in [0.4, 0.5) is 26.7 Å². The molecule has 1 N–H and O–H groups in total. The number of alkyl halides is 5. The first-order chi connectivity index (χ1) is 10.6. The average molecular weight is 335 g/mol. The van der Waals surface area contributed by atoms with E-state index in [0.717, 1.165) is 10.8 Å². The van der Waals surface area contributed by atoms with Crippen LogP contribution in [0.3, 0.4) is 0 Å². The van der Waals surface area contributed by atoms with Crippen molar-refractivity contribution < 1.29 is 36.6 Å². The molecule has 0 unspecified atom stereocenters. The zero-order valence-corrected chi connectivity index (χ0v) is 11.4. The van der Waals surface area contributed by atoms with Crippen LogP contribution in [0.25, 0.3) is 10.9 Å². The summed E-state index contributed by atoms with van der Waals surface area (Å²) in [5, 5.41) is 9.41. The smallest absolute Gasteiger partial charge is 0.461 e. The molecule has 23 heavy (non-hydrogen) atoms. The third-order valence-corrected chi connectivity index (χ3v) is 3.33. The zero-order valence-electron chi connectivity index (χ0n) is 11.4. The molecule has 0 aliphatic carbocycles. The molecule has 0 fully saturated rings. The van der Waals surface area contributed by atoms with Gasteiger partial charge >= 0.3 is 18.2 Å². The first-order valence-corrected chi connectivity index (χ1v) is 6.36. The second-order valence-corrected chi connectivity index (χ2v) is 4.82. The predicted molar refractivity (Wildman–Crippen MR) is 69.7 cm³/mol. The molecule has 2 aromatic rings. The Hall–Kier alpha value is -2.45. The van der Waals surface area contributed by atoms with Gasteiger partial charge in [-0.25, -0.2) is 4.79 Å². The van der Waals surface area contributed by atoms with Gasteiger partial charge in [-0.3, -0.25) is 9.36 Å². The maximum absolute atomic E-state index is 12.9. The molecule has 9 heteroatoms. The van der Waals surface area contributed by atoms with Crippen molar-refractivity contribution in [2.45, 2.75) is 24.9 Å². The van der Waals surface area contributed by atoms with Gasteiger partial charge in [-0.1, -0.05) is 18.2 Å². The van der Waals surface area contributed by atoms with Crippen molar-refractivity contribution in [3.05, 3.63) is 36.0 Å². The highest BCUT2D eigenvalue weighted by atomic mass is 19.4. The molecule has 0 spiro atoms. The summed E-state index contributed by atoms with van der Waals surface area (Å²) in [6.45, 7) is 0. The summed E-state index contributed by atoms with van der Waals surface area (Å²) < 4.78 is 63.0. The van der Waals surface area contributed by atoms with E-state index in [4.69, 9.17) is 5.11 Å². The SMILES string of the molecule is O=C(O)n1cc(CCC(=O)C(F)(F)C(F)(F)F)c2ccccc21. The topological polar surface area (TPSA) is 59.3 Å². The largest absolute Gasteiger partial charge is 0.464 e. The van der Waals surface area contributed by atoms with E-state index in [0.29, 0.717) is 5.39 Å². The quantitative estimate of drug-likeness (QED) is 0.863. The number of fused-ring (bicyclic) bond motifs is 1. The van der Waals surface area contributed by atoms with Gasteiger partial charge in [0.05, 0.1) is 5.52 Å². The fourth-order valence-electron chi connectivity index (χ4n) is 2.17. The monoisotopic (exact) mass is 335 g/mol. The summed E-state index contributed by atoms with van der Waals surface area (Å²) in [5.74, 6) is -7.67. The number of para-hydroxylation sites is 1. The standard InChI is InChI=1S/C14H10F5NO3/c15-13(16,14(17,18)19)11(21)6-5-8-7-20(12(22)23)10-4-2-1-3-9(8)10/h1-4,7H,5-6H2,(H,22,23). The summed E-state index contributed by atoms with van der Waals surface area (Å²) in [6.07, 6.45) is -7.66. The van der Waals surface area contributed by atoms with Crippen LogP contribution in [-0.4, -0.2) is 33.6 Å². The van der Waals surface area contributed by atoms with Crippen molar-refractivity contribution in [2.24, 2.45) is 0 Å². The van der Waals surface area contributed by atoms with E-state index in [1.807, 2.05) is 0 Å². The fraction of sp³-hybridized carbons (Fsp3) is 0.286. The van der Waals surface area contributed by atoms with E-state index in [-0.39, 0.29) is 11.1 Å². The summed E-state index contributed by atoms with van der Waals surface area (Å²) in [5.41, 5.74) is 0.458. The summed E-state index contributed by atoms with van der Waals surface area (Å²) in [6, 6.07) is 6.06. The lowest BCUT2D eigenvalue weighted by molar-refractivity contribution is -0.268. The number of nitrogens with zero attached hydrogens (tertiary/aromatic N) is 1. The van der Waals surface area contributed by atoms with E-state index in [1.54, 1.807) is 12.1 Å². The van der Waals surface area contributed by atoms with Gasteiger partial charge in [0, 0.05) is 18.0 Å². The molecule has 0 amide bonds. The van der Waals surface area contributed by atoms with E-state index in [2.05, 4.69) is 0 Å². The summed E-state index contributed by atoms with van der Waals surface area (Å²) >= 11 is 0. The summed E-state index contributed by atoms with van der Waals surface area (Å²) in [7, 11) is 0. The molecule has 0 atom stereocenters. The van der Waals surface area contributed by atoms with Gasteiger partial charge in [-0.15, -0.1) is 0 Å². The second-order valence-electron chi connectivity index (χ2n) is 4.82. The lowest BCUT2D eigenvalue weighted by atomic mass is 10.0. The number of hydrogen-bond donors (Lipinski definition) is 1. The average Bonchev–Trinajstić information content (AvgIpc) is 2.82. The Morgan fingerprint density at radius 3 is 2.26 bits per heavy atom. The predicted octanol–water partition coefficient (Wildman–Crippen LogP) is 3.87. The Labute approximate surface area is 126 Å². The zero-order chi connectivity index (χ0) is 17.4. The van der Waals surface area contributed by atoms with Crippen LogP contribution in [0, 0.1) is 0 Å². The number of rotatable bonds is 4. The van der Waals surface area contributed by atoms with Gasteiger partial charge in [0.2, 0.25) is 5.78 Å². The van der Waals surface area contributed by atoms with Gasteiger partial charge in [-0.05, 0) is 18.1 Å². The highest BCUT2D eigenvalue weighted by Gasteiger charge is 2.62. The maximum Gasteiger partial charge on any atom is 0.461 e. The molecule has 0 aliphatic rings. The number of aryl methyl sites for hydroxylation is 1. The number of aromatic nitrogens is 1. The number of carbonyl (C=O) groups excluding carboxylic acids is 1. The molecule has 0 saturated heterocycles. The minimum absolute atomic E-state index is 0.203. The van der Waals surface area contributed by atoms with E-state index < -0.39 is 36.8 Å². The molecule has 1 aromatic heterocycles. The third-order valence-electron chi connectivity index (χ3n) is 3.33. The van der Waals surface area contributed by atoms with Crippen LogP contribution in [0.2, 0.25) is 0 Å². The van der Waals surface area contributed by atoms with E-state index in [1.165, 1.54) is 12.1 Å². The van der Waals surface area contributed by atoms with Crippen molar-refractivity contribution >= 4 is 22.8 Å². The van der Waals surface area contributed by atoms with Gasteiger partial charge < -0.3 is 5.11 Å². The van der Waals surface area contributed by atoms with Gasteiger partial charge in [0.25, 0.3) is 0 Å². The van der Waals surface area contributed by atoms with Gasteiger partial charge in [0.1, 0.15) is 0 Å². The lowest BCUT2D eigenvalue weighted by Crippen LogP contribution is -2.44. The van der Waals surface area contributed by atoms with Crippen LogP contribution < -0.4 is 0 Å². The van der Waals surface area contributed by atoms with Gasteiger partial charge in [-0.2, -0.15) is 22.0 Å². The highest BCUT2D eigenvalue weighted by Crippen LogP contribution is 2.37. The number of Topliss-reactive ketones (excluding diaryl/α,β-unsaturated/α-hetero) is 1. The molecule has 2 rings (SSSR count). The van der Waals surface area contributed by atoms with Crippen molar-refractivity contribution in [1.29, 1.82) is 0 Å². The minimum atomic E-state index is -5.95. The molecule has 0 aliphatic heterocycles. The molecule has 1 aromatic carbocycles. The Bertz CT molecular complexity index is 763. The molecular formula is C14H10F5NO3. The second kappa shape index (κ2) is 5.64. The molecule has 1 heterocycles. The summed E-state index contributed by atoms with van der Waals surface area (Å²) in [4.78, 5) is 22.3. The van der Waals surface area contributed by atoms with Crippen LogP contribution in [-0.2, 0) is 11.2 Å². The Morgan fingerprint density at radius 2 is 1.70 bits per heavy atom. The van der Waals surface area contributed by atoms with Crippen molar-refractivity contribution in [1.82, 2.24) is 4.57 Å². The van der Waals surface area contributed by atoms with Crippen LogP contribution in [0.15, 0.2) is 30.5 Å². The van der Waals surface area contributed by atoms with Crippen molar-refractivity contribution in [3.63, 3.8) is 0 Å². The molecular weight excluding hydrogens is 325 g/mol. The van der Waals surface area contributed by atoms with E-state index in [9.17, 15) is 31.5 Å². The molecule has 0 saturated carbocycles. The first-order valence-electron chi connectivity index (χ1n) is 6.36. The number of hydrogen-bond acceptors (Lipinski definition) is 2. The molecule has 0 radical (unpaired) electrons. The van der Waals surface area contributed by atoms with Gasteiger partial charge in [0.15, 0.2) is 0 Å². The van der Waals surface area contributed by atoms with E-state index >= 15 is 0 Å². The van der Waals surface area contributed by atoms with Crippen LogP contribution in [0.1, 0.15) is 12.0 Å². The Balaban J connectivity index is 2.27. The number of halogens is 5. The maximum atomic E-state index is 12.9. The Morgan fingerprint density at radius 1 is 1.09 bits per heavy atom. The normalized spacial score (nSPS) is 12.6.